The number of halogens is 3. The molecule has 0 aliphatic heterocycles. The molecular formula is C7H6Cl3NO2S. The fourth-order valence-electron chi connectivity index (χ4n) is 0.719. The fourth-order valence-corrected chi connectivity index (χ4v) is 1.63. The van der Waals surface area contributed by atoms with Crippen molar-refractivity contribution in [2.24, 2.45) is 0 Å². The van der Waals surface area contributed by atoms with Crippen molar-refractivity contribution in [3.05, 3.63) is 30.3 Å². The first-order valence-corrected chi connectivity index (χ1v) is 6.09. The summed E-state index contributed by atoms with van der Waals surface area (Å²) >= 11 is 15.8. The highest BCUT2D eigenvalue weighted by molar-refractivity contribution is 7.98. The van der Waals surface area contributed by atoms with Gasteiger partial charge in [-0.2, -0.15) is 0 Å². The van der Waals surface area contributed by atoms with Gasteiger partial charge >= 0.3 is 3.12 Å². The molecule has 14 heavy (non-hydrogen) atoms. The maximum Gasteiger partial charge on any atom is 0.311 e. The van der Waals surface area contributed by atoms with Gasteiger partial charge in [-0.15, -0.1) is 0 Å². The summed E-state index contributed by atoms with van der Waals surface area (Å²) in [7, 11) is -4.00. The Balaban J connectivity index is 2.91. The van der Waals surface area contributed by atoms with Crippen LogP contribution in [0.5, 0.6) is 0 Å². The number of para-hydroxylation sites is 1. The van der Waals surface area contributed by atoms with Crippen LogP contribution in [0.2, 0.25) is 0 Å². The Morgan fingerprint density at radius 1 is 1.07 bits per heavy atom. The Morgan fingerprint density at radius 2 is 1.57 bits per heavy atom. The first-order valence-electron chi connectivity index (χ1n) is 3.47. The van der Waals surface area contributed by atoms with E-state index in [1.165, 1.54) is 0 Å². The minimum atomic E-state index is -4.00. The van der Waals surface area contributed by atoms with Crippen LogP contribution in [-0.4, -0.2) is 11.5 Å². The zero-order valence-electron chi connectivity index (χ0n) is 6.75. The van der Waals surface area contributed by atoms with E-state index in [0.717, 1.165) is 0 Å². The summed E-state index contributed by atoms with van der Waals surface area (Å²) in [5.41, 5.74) is 0.346. The number of hydrogen-bond donors (Lipinski definition) is 1. The van der Waals surface area contributed by atoms with Gasteiger partial charge in [0.25, 0.3) is 10.0 Å². The van der Waals surface area contributed by atoms with Gasteiger partial charge in [-0.3, -0.25) is 4.72 Å². The van der Waals surface area contributed by atoms with Crippen molar-refractivity contribution in [1.29, 1.82) is 0 Å². The average Bonchev–Trinajstić information content (AvgIpc) is 2.03. The van der Waals surface area contributed by atoms with Crippen LogP contribution >= 0.6 is 34.8 Å². The van der Waals surface area contributed by atoms with Gasteiger partial charge in [0.05, 0.1) is 0 Å². The summed E-state index contributed by atoms with van der Waals surface area (Å²) in [5, 5.41) is 0. The molecule has 3 nitrogen and oxygen atoms in total. The molecule has 1 rings (SSSR count). The zero-order chi connectivity index (χ0) is 10.8. The van der Waals surface area contributed by atoms with Gasteiger partial charge in [-0.05, 0) is 12.1 Å². The largest absolute Gasteiger partial charge is 0.311 e. The second-order valence-electron chi connectivity index (χ2n) is 2.42. The Hall–Kier alpha value is -0.160. The average molecular weight is 275 g/mol. The third-order valence-electron chi connectivity index (χ3n) is 1.33. The highest BCUT2D eigenvalue weighted by Gasteiger charge is 2.37. The van der Waals surface area contributed by atoms with Crippen LogP contribution in [0.3, 0.4) is 0 Å². The minimum absolute atomic E-state index is 0.346. The van der Waals surface area contributed by atoms with Crippen molar-refractivity contribution in [3.8, 4) is 0 Å². The monoisotopic (exact) mass is 273 g/mol. The molecule has 0 saturated heterocycles. The molecule has 1 aromatic rings. The lowest BCUT2D eigenvalue weighted by Gasteiger charge is -2.13. The topological polar surface area (TPSA) is 46.2 Å². The smallest absolute Gasteiger partial charge is 0.280 e. The number of nitrogens with one attached hydrogen (secondary N) is 1. The predicted octanol–water partition coefficient (Wildman–Crippen LogP) is 2.76. The van der Waals surface area contributed by atoms with Crippen LogP contribution < -0.4 is 4.72 Å². The van der Waals surface area contributed by atoms with E-state index in [0.29, 0.717) is 5.69 Å². The standard InChI is InChI=1S/C7H6Cl3NO2S/c8-7(9,10)14(12,13)11-6-4-2-1-3-5-6/h1-5,11H. The molecule has 0 atom stereocenters. The lowest BCUT2D eigenvalue weighted by atomic mass is 10.3. The number of rotatable bonds is 2. The Bertz CT molecular complexity index is 399. The van der Waals surface area contributed by atoms with Gasteiger partial charge in [0.2, 0.25) is 0 Å². The van der Waals surface area contributed by atoms with Gasteiger partial charge in [-0.25, -0.2) is 8.42 Å². The molecule has 0 saturated carbocycles. The molecule has 0 aliphatic carbocycles. The predicted molar refractivity (Wildman–Crippen MR) is 59.3 cm³/mol. The van der Waals surface area contributed by atoms with Crippen molar-refractivity contribution in [1.82, 2.24) is 0 Å². The van der Waals surface area contributed by atoms with E-state index in [-0.39, 0.29) is 0 Å². The zero-order valence-corrected chi connectivity index (χ0v) is 9.83. The first kappa shape index (κ1) is 11.9. The molecule has 78 valence electrons. The molecule has 1 aromatic carbocycles. The fraction of sp³-hybridized carbons (Fsp3) is 0.143. The lowest BCUT2D eigenvalue weighted by molar-refractivity contribution is 0.601. The summed E-state index contributed by atoms with van der Waals surface area (Å²) in [5.74, 6) is 0. The van der Waals surface area contributed by atoms with Crippen LogP contribution in [0, 0.1) is 0 Å². The highest BCUT2D eigenvalue weighted by Crippen LogP contribution is 2.33. The van der Waals surface area contributed by atoms with E-state index in [1.54, 1.807) is 30.3 Å². The lowest BCUT2D eigenvalue weighted by Crippen LogP contribution is -2.26. The number of hydrogen-bond acceptors (Lipinski definition) is 2. The van der Waals surface area contributed by atoms with Crippen molar-refractivity contribution in [2.45, 2.75) is 3.12 Å². The second kappa shape index (κ2) is 4.14. The minimum Gasteiger partial charge on any atom is -0.280 e. The summed E-state index contributed by atoms with van der Waals surface area (Å²) in [6, 6.07) is 8.17. The van der Waals surface area contributed by atoms with E-state index < -0.39 is 13.1 Å². The number of alkyl halides is 3. The van der Waals surface area contributed by atoms with E-state index >= 15 is 0 Å². The van der Waals surface area contributed by atoms with Crippen molar-refractivity contribution < 1.29 is 8.42 Å². The third-order valence-corrected chi connectivity index (χ3v) is 4.27. The molecule has 0 aliphatic rings. The van der Waals surface area contributed by atoms with Gasteiger partial charge in [0.1, 0.15) is 0 Å². The molecule has 0 bridgehead atoms. The van der Waals surface area contributed by atoms with Crippen molar-refractivity contribution >= 4 is 50.5 Å². The van der Waals surface area contributed by atoms with Crippen molar-refractivity contribution in [2.75, 3.05) is 4.72 Å². The Kier molecular flexibility index (Phi) is 3.53. The first-order chi connectivity index (χ1) is 6.33. The highest BCUT2D eigenvalue weighted by atomic mass is 35.6. The molecule has 0 radical (unpaired) electrons. The Labute approximate surface area is 97.0 Å². The van der Waals surface area contributed by atoms with Gasteiger partial charge < -0.3 is 0 Å². The van der Waals surface area contributed by atoms with Crippen LogP contribution in [0.25, 0.3) is 0 Å². The van der Waals surface area contributed by atoms with Crippen LogP contribution in [0.15, 0.2) is 30.3 Å². The van der Waals surface area contributed by atoms with Crippen LogP contribution in [0.1, 0.15) is 0 Å². The van der Waals surface area contributed by atoms with E-state index in [1.807, 2.05) is 0 Å². The molecular weight excluding hydrogens is 269 g/mol. The van der Waals surface area contributed by atoms with Gasteiger partial charge in [0, 0.05) is 5.69 Å². The normalized spacial score (nSPS) is 12.5. The van der Waals surface area contributed by atoms with Crippen LogP contribution in [-0.2, 0) is 10.0 Å². The summed E-state index contributed by atoms with van der Waals surface area (Å²) in [6.07, 6.45) is 0. The van der Waals surface area contributed by atoms with E-state index in [2.05, 4.69) is 4.72 Å². The quantitative estimate of drug-likeness (QED) is 0.843. The van der Waals surface area contributed by atoms with Gasteiger partial charge in [0.15, 0.2) is 0 Å². The molecule has 0 fully saturated rings. The van der Waals surface area contributed by atoms with Gasteiger partial charge in [-0.1, -0.05) is 53.0 Å². The van der Waals surface area contributed by atoms with Crippen LogP contribution in [0.4, 0.5) is 5.69 Å². The second-order valence-corrected chi connectivity index (χ2v) is 7.19. The molecule has 0 spiro atoms. The summed E-state index contributed by atoms with van der Waals surface area (Å²) in [6.45, 7) is 0. The number of anilines is 1. The summed E-state index contributed by atoms with van der Waals surface area (Å²) in [4.78, 5) is 0. The SMILES string of the molecule is O=S(=O)(Nc1ccccc1)C(Cl)(Cl)Cl. The molecule has 0 heterocycles. The Morgan fingerprint density at radius 3 is 2.00 bits per heavy atom. The number of sulfonamides is 1. The molecule has 0 unspecified atom stereocenters. The molecule has 0 aromatic heterocycles. The maximum atomic E-state index is 11.3. The third kappa shape index (κ3) is 2.92. The van der Waals surface area contributed by atoms with E-state index in [9.17, 15) is 8.42 Å². The molecule has 0 amide bonds. The maximum absolute atomic E-state index is 11.3. The van der Waals surface area contributed by atoms with Crippen molar-refractivity contribution in [3.63, 3.8) is 0 Å². The number of benzene rings is 1. The molecule has 7 heteroatoms. The molecule has 1 N–H and O–H groups in total. The summed E-state index contributed by atoms with van der Waals surface area (Å²) < 4.78 is 22.4. The van der Waals surface area contributed by atoms with E-state index in [4.69, 9.17) is 34.8 Å².